The lowest BCUT2D eigenvalue weighted by molar-refractivity contribution is -0.128. The summed E-state index contributed by atoms with van der Waals surface area (Å²) in [6.45, 7) is 5.83. The molecule has 13 heavy (non-hydrogen) atoms. The van der Waals surface area contributed by atoms with E-state index in [0.717, 1.165) is 25.9 Å². The summed E-state index contributed by atoms with van der Waals surface area (Å²) in [6, 6.07) is 0. The molecule has 0 fully saturated rings. The fraction of sp³-hybridized carbons (Fsp3) is 0.889. The minimum absolute atomic E-state index is 0.0110. The standard InChI is InChI=1S/C6H14N2O.C3H9N/c1-3-4-8(2)6(9)5-7;1-2-3-4/h3-5,7H2,1-2H3;2-4H2,1H3. The molecule has 0 radical (unpaired) electrons. The van der Waals surface area contributed by atoms with Gasteiger partial charge in [-0.2, -0.15) is 0 Å². The van der Waals surface area contributed by atoms with E-state index in [9.17, 15) is 4.79 Å². The molecule has 0 aromatic carbocycles. The lowest BCUT2D eigenvalue weighted by Crippen LogP contribution is -2.32. The molecule has 0 saturated heterocycles. The SMILES string of the molecule is CCCN.CCCN(C)C(=O)CN. The Kier molecular flexibility index (Phi) is 13.0. The van der Waals surface area contributed by atoms with E-state index in [4.69, 9.17) is 11.5 Å². The van der Waals surface area contributed by atoms with E-state index >= 15 is 0 Å². The second-order valence-corrected chi connectivity index (χ2v) is 2.81. The highest BCUT2D eigenvalue weighted by molar-refractivity contribution is 5.77. The maximum absolute atomic E-state index is 10.7. The van der Waals surface area contributed by atoms with Crippen LogP contribution in [0.4, 0.5) is 0 Å². The lowest BCUT2D eigenvalue weighted by Gasteiger charge is -2.13. The number of amides is 1. The predicted molar refractivity (Wildman–Crippen MR) is 56.3 cm³/mol. The summed E-state index contributed by atoms with van der Waals surface area (Å²) in [4.78, 5) is 12.3. The molecule has 0 aliphatic rings. The van der Waals surface area contributed by atoms with Crippen molar-refractivity contribution in [3.05, 3.63) is 0 Å². The number of likely N-dealkylation sites (N-methyl/N-ethyl adjacent to an activating group) is 1. The van der Waals surface area contributed by atoms with Gasteiger partial charge < -0.3 is 16.4 Å². The van der Waals surface area contributed by atoms with Crippen molar-refractivity contribution in [2.45, 2.75) is 26.7 Å². The third-order valence-corrected chi connectivity index (χ3v) is 1.45. The fourth-order valence-corrected chi connectivity index (χ4v) is 0.616. The van der Waals surface area contributed by atoms with Crippen LogP contribution in [-0.2, 0) is 4.79 Å². The van der Waals surface area contributed by atoms with Gasteiger partial charge in [-0.15, -0.1) is 0 Å². The third-order valence-electron chi connectivity index (χ3n) is 1.45. The summed E-state index contributed by atoms with van der Waals surface area (Å²) in [5.74, 6) is 0.0110. The highest BCUT2D eigenvalue weighted by Crippen LogP contribution is 1.84. The monoisotopic (exact) mass is 189 g/mol. The van der Waals surface area contributed by atoms with Crippen molar-refractivity contribution in [3.8, 4) is 0 Å². The van der Waals surface area contributed by atoms with Gasteiger partial charge in [-0.1, -0.05) is 13.8 Å². The normalized spacial score (nSPS) is 8.69. The van der Waals surface area contributed by atoms with E-state index < -0.39 is 0 Å². The largest absolute Gasteiger partial charge is 0.345 e. The number of hydrogen-bond donors (Lipinski definition) is 2. The number of hydrogen-bond acceptors (Lipinski definition) is 3. The second-order valence-electron chi connectivity index (χ2n) is 2.81. The van der Waals surface area contributed by atoms with Crippen molar-refractivity contribution in [3.63, 3.8) is 0 Å². The van der Waals surface area contributed by atoms with Crippen LogP contribution in [0.5, 0.6) is 0 Å². The lowest BCUT2D eigenvalue weighted by atomic mass is 10.4. The Morgan fingerprint density at radius 2 is 1.69 bits per heavy atom. The Hall–Kier alpha value is -0.610. The zero-order valence-corrected chi connectivity index (χ0v) is 9.05. The molecule has 0 atom stereocenters. The van der Waals surface area contributed by atoms with Gasteiger partial charge in [0.25, 0.3) is 0 Å². The fourth-order valence-electron chi connectivity index (χ4n) is 0.616. The number of carbonyl (C=O) groups is 1. The Bertz CT molecular complexity index is 115. The van der Waals surface area contributed by atoms with Gasteiger partial charge in [0, 0.05) is 13.6 Å². The average molecular weight is 189 g/mol. The maximum Gasteiger partial charge on any atom is 0.236 e. The van der Waals surface area contributed by atoms with Gasteiger partial charge in [0.1, 0.15) is 0 Å². The van der Waals surface area contributed by atoms with Gasteiger partial charge in [-0.25, -0.2) is 0 Å². The molecule has 0 aromatic heterocycles. The van der Waals surface area contributed by atoms with Gasteiger partial charge in [0.05, 0.1) is 6.54 Å². The molecule has 0 saturated carbocycles. The van der Waals surface area contributed by atoms with Crippen molar-refractivity contribution in [1.29, 1.82) is 0 Å². The summed E-state index contributed by atoms with van der Waals surface area (Å²) >= 11 is 0. The summed E-state index contributed by atoms with van der Waals surface area (Å²) in [5.41, 5.74) is 10.1. The average Bonchev–Trinajstić information content (AvgIpc) is 2.17. The van der Waals surface area contributed by atoms with E-state index in [2.05, 4.69) is 6.92 Å². The van der Waals surface area contributed by atoms with Gasteiger partial charge >= 0.3 is 0 Å². The molecule has 4 heteroatoms. The summed E-state index contributed by atoms with van der Waals surface area (Å²) in [5, 5.41) is 0. The van der Waals surface area contributed by atoms with E-state index in [0.29, 0.717) is 0 Å². The van der Waals surface area contributed by atoms with Crippen molar-refractivity contribution < 1.29 is 4.79 Å². The first-order valence-corrected chi connectivity index (χ1v) is 4.78. The van der Waals surface area contributed by atoms with Crippen LogP contribution >= 0.6 is 0 Å². The minimum atomic E-state index is 0.0110. The first kappa shape index (κ1) is 14.9. The molecule has 80 valence electrons. The molecule has 0 heterocycles. The second kappa shape index (κ2) is 11.4. The van der Waals surface area contributed by atoms with Gasteiger partial charge in [-0.05, 0) is 19.4 Å². The van der Waals surface area contributed by atoms with Crippen LogP contribution < -0.4 is 11.5 Å². The molecule has 0 rings (SSSR count). The summed E-state index contributed by atoms with van der Waals surface area (Å²) in [7, 11) is 1.76. The molecule has 0 unspecified atom stereocenters. The zero-order chi connectivity index (χ0) is 10.7. The van der Waals surface area contributed by atoms with Crippen LogP contribution in [0.25, 0.3) is 0 Å². The van der Waals surface area contributed by atoms with Gasteiger partial charge in [-0.3, -0.25) is 4.79 Å². The molecule has 0 aliphatic heterocycles. The first-order valence-electron chi connectivity index (χ1n) is 4.78. The quantitative estimate of drug-likeness (QED) is 0.662. The summed E-state index contributed by atoms with van der Waals surface area (Å²) in [6.07, 6.45) is 2.09. The van der Waals surface area contributed by atoms with E-state index in [-0.39, 0.29) is 12.5 Å². The molecule has 0 spiro atoms. The summed E-state index contributed by atoms with van der Waals surface area (Å²) < 4.78 is 0. The molecule has 1 amide bonds. The Labute approximate surface area is 81.3 Å². The van der Waals surface area contributed by atoms with Crippen LogP contribution in [0.15, 0.2) is 0 Å². The van der Waals surface area contributed by atoms with Crippen LogP contribution in [0.3, 0.4) is 0 Å². The molecule has 0 aliphatic carbocycles. The Morgan fingerprint density at radius 3 is 1.92 bits per heavy atom. The van der Waals surface area contributed by atoms with E-state index in [1.54, 1.807) is 11.9 Å². The van der Waals surface area contributed by atoms with Crippen molar-refractivity contribution >= 4 is 5.91 Å². The smallest absolute Gasteiger partial charge is 0.236 e. The number of nitrogens with two attached hydrogens (primary N) is 2. The van der Waals surface area contributed by atoms with Crippen molar-refractivity contribution in [2.24, 2.45) is 11.5 Å². The Morgan fingerprint density at radius 1 is 1.23 bits per heavy atom. The molecular weight excluding hydrogens is 166 g/mol. The number of nitrogens with zero attached hydrogens (tertiary/aromatic N) is 1. The van der Waals surface area contributed by atoms with E-state index in [1.165, 1.54) is 0 Å². The van der Waals surface area contributed by atoms with Crippen LogP contribution in [0.2, 0.25) is 0 Å². The number of rotatable bonds is 4. The topological polar surface area (TPSA) is 72.3 Å². The number of carbonyl (C=O) groups excluding carboxylic acids is 1. The highest BCUT2D eigenvalue weighted by atomic mass is 16.2. The van der Waals surface area contributed by atoms with Crippen molar-refractivity contribution in [1.82, 2.24) is 4.90 Å². The highest BCUT2D eigenvalue weighted by Gasteiger charge is 2.02. The maximum atomic E-state index is 10.7. The van der Waals surface area contributed by atoms with Crippen molar-refractivity contribution in [2.75, 3.05) is 26.7 Å². The molecule has 0 aromatic rings. The minimum Gasteiger partial charge on any atom is -0.345 e. The molecule has 4 N–H and O–H groups in total. The van der Waals surface area contributed by atoms with Crippen LogP contribution in [0, 0.1) is 0 Å². The van der Waals surface area contributed by atoms with E-state index in [1.807, 2.05) is 6.92 Å². The molecule has 4 nitrogen and oxygen atoms in total. The molecular formula is C9H23N3O. The molecule has 0 bridgehead atoms. The van der Waals surface area contributed by atoms with Crippen LogP contribution in [-0.4, -0.2) is 37.5 Å². The van der Waals surface area contributed by atoms with Gasteiger partial charge in [0.2, 0.25) is 5.91 Å². The zero-order valence-electron chi connectivity index (χ0n) is 9.05. The Balaban J connectivity index is 0. The van der Waals surface area contributed by atoms with Crippen LogP contribution in [0.1, 0.15) is 26.7 Å². The first-order chi connectivity index (χ1) is 6.13. The third kappa shape index (κ3) is 11.4. The van der Waals surface area contributed by atoms with Gasteiger partial charge in [0.15, 0.2) is 0 Å². The predicted octanol–water partition coefficient (Wildman–Crippen LogP) is 0.169.